The Morgan fingerprint density at radius 2 is 1.84 bits per heavy atom. The van der Waals surface area contributed by atoms with Crippen LogP contribution in [0.2, 0.25) is 0 Å². The predicted molar refractivity (Wildman–Crippen MR) is 159 cm³/mol. The molecule has 1 unspecified atom stereocenters. The number of anilines is 3. The van der Waals surface area contributed by atoms with Crippen LogP contribution in [-0.2, 0) is 9.47 Å². The Labute approximate surface area is 252 Å². The first-order chi connectivity index (χ1) is 20.9. The Kier molecular flexibility index (Phi) is 7.84. The van der Waals surface area contributed by atoms with Gasteiger partial charge in [-0.2, -0.15) is 13.2 Å². The van der Waals surface area contributed by atoms with Crippen molar-refractivity contribution in [1.29, 1.82) is 0 Å². The molecule has 3 aromatic rings. The van der Waals surface area contributed by atoms with Crippen molar-refractivity contribution >= 4 is 29.3 Å². The number of ether oxygens (including phenoxy) is 2. The summed E-state index contributed by atoms with van der Waals surface area (Å²) >= 11 is 1.69. The Morgan fingerprint density at radius 3 is 2.65 bits per heavy atom. The molecule has 1 aliphatic carbocycles. The number of aromatic nitrogens is 5. The number of nitrogens with zero attached hydrogens (tertiary/aromatic N) is 7. The highest BCUT2D eigenvalue weighted by Gasteiger charge is 2.56. The van der Waals surface area contributed by atoms with E-state index in [9.17, 15) is 13.2 Å². The summed E-state index contributed by atoms with van der Waals surface area (Å²) in [5.41, 5.74) is 1.83. The third-order valence-electron chi connectivity index (χ3n) is 8.77. The molecule has 1 aromatic carbocycles. The van der Waals surface area contributed by atoms with Gasteiger partial charge < -0.3 is 24.0 Å². The molecule has 6 heterocycles. The molecule has 10 nitrogen and oxygen atoms in total. The zero-order chi connectivity index (χ0) is 29.4. The van der Waals surface area contributed by atoms with E-state index in [1.54, 1.807) is 22.8 Å². The number of morpholine rings is 1. The second-order valence-electron chi connectivity index (χ2n) is 11.8. The standard InChI is InChI=1S/C29H35F3N8O2S/c30-29(31,32)28-8-11-38(12-9-28)26-16-20(36-43-22-4-5-22)3-6-25(26)40-18-24(35-37-40)23-7-10-33-27(34-23)39-13-15-42-21(17-39)2-1-14-41-19-28/h3,6-7,10,16,18,21-22,36H,1-2,4-5,8-9,11-15,17,19H2. The lowest BCUT2D eigenvalue weighted by atomic mass is 9.78. The molecule has 14 heteroatoms. The molecule has 0 amide bonds. The number of halogens is 3. The molecule has 2 aromatic heterocycles. The molecule has 43 heavy (non-hydrogen) atoms. The summed E-state index contributed by atoms with van der Waals surface area (Å²) in [5, 5.41) is 9.45. The van der Waals surface area contributed by atoms with Gasteiger partial charge in [-0.05, 0) is 74.7 Å². The van der Waals surface area contributed by atoms with Gasteiger partial charge in [0.15, 0.2) is 0 Å². The predicted octanol–water partition coefficient (Wildman–Crippen LogP) is 5.11. The highest BCUT2D eigenvalue weighted by atomic mass is 32.2. The second kappa shape index (κ2) is 11.8. The van der Waals surface area contributed by atoms with Crippen molar-refractivity contribution in [2.45, 2.75) is 56.1 Å². The van der Waals surface area contributed by atoms with Gasteiger partial charge in [0.2, 0.25) is 5.95 Å². The summed E-state index contributed by atoms with van der Waals surface area (Å²) in [7, 11) is 0. The third kappa shape index (κ3) is 6.14. The van der Waals surface area contributed by atoms with Crippen LogP contribution in [0.5, 0.6) is 0 Å². The lowest BCUT2D eigenvalue weighted by Crippen LogP contribution is -2.51. The number of fused-ring (bicyclic) bond motifs is 6. The van der Waals surface area contributed by atoms with E-state index in [2.05, 4.69) is 24.9 Å². The van der Waals surface area contributed by atoms with Crippen LogP contribution in [-0.4, -0.2) is 88.5 Å². The van der Waals surface area contributed by atoms with Gasteiger partial charge in [-0.15, -0.1) is 5.10 Å². The summed E-state index contributed by atoms with van der Waals surface area (Å²) < 4.78 is 60.4. The van der Waals surface area contributed by atoms with Crippen molar-refractivity contribution < 1.29 is 22.6 Å². The monoisotopic (exact) mass is 616 g/mol. The number of hydrogen-bond donors (Lipinski definition) is 1. The summed E-state index contributed by atoms with van der Waals surface area (Å²) in [4.78, 5) is 13.4. The van der Waals surface area contributed by atoms with Crippen LogP contribution in [0.3, 0.4) is 0 Å². The summed E-state index contributed by atoms with van der Waals surface area (Å²) in [6.07, 6.45) is 2.70. The first-order valence-corrected chi connectivity index (χ1v) is 15.8. The van der Waals surface area contributed by atoms with Crippen LogP contribution in [0.15, 0.2) is 36.7 Å². The molecule has 230 valence electrons. The van der Waals surface area contributed by atoms with Gasteiger partial charge in [-0.3, -0.25) is 0 Å². The van der Waals surface area contributed by atoms with E-state index in [1.807, 2.05) is 35.4 Å². The minimum Gasteiger partial charge on any atom is -0.381 e. The van der Waals surface area contributed by atoms with E-state index in [4.69, 9.17) is 14.5 Å². The fourth-order valence-corrected chi connectivity index (χ4v) is 6.76. The van der Waals surface area contributed by atoms with Crippen molar-refractivity contribution in [2.24, 2.45) is 5.41 Å². The summed E-state index contributed by atoms with van der Waals surface area (Å²) in [6, 6.07) is 7.74. The third-order valence-corrected chi connectivity index (χ3v) is 9.92. The molecule has 1 saturated carbocycles. The topological polar surface area (TPSA) is 93.5 Å². The molecule has 0 spiro atoms. The number of hydrogen-bond acceptors (Lipinski definition) is 10. The molecule has 3 fully saturated rings. The zero-order valence-electron chi connectivity index (χ0n) is 23.8. The van der Waals surface area contributed by atoms with Gasteiger partial charge >= 0.3 is 6.18 Å². The van der Waals surface area contributed by atoms with Gasteiger partial charge in [0.25, 0.3) is 0 Å². The van der Waals surface area contributed by atoms with Gasteiger partial charge in [0.1, 0.15) is 5.69 Å². The fourth-order valence-electron chi connectivity index (χ4n) is 5.96. The van der Waals surface area contributed by atoms with Crippen LogP contribution in [0.25, 0.3) is 17.1 Å². The van der Waals surface area contributed by atoms with Gasteiger partial charge in [-0.1, -0.05) is 5.21 Å². The van der Waals surface area contributed by atoms with Crippen molar-refractivity contribution in [3.63, 3.8) is 0 Å². The quantitative estimate of drug-likeness (QED) is 0.400. The largest absolute Gasteiger partial charge is 0.396 e. The smallest absolute Gasteiger partial charge is 0.381 e. The van der Waals surface area contributed by atoms with E-state index in [1.165, 1.54) is 12.8 Å². The van der Waals surface area contributed by atoms with Gasteiger partial charge in [0, 0.05) is 49.9 Å². The molecule has 4 aliphatic heterocycles. The Hall–Kier alpha value is -3.10. The van der Waals surface area contributed by atoms with E-state index < -0.39 is 11.6 Å². The average molecular weight is 617 g/mol. The first kappa shape index (κ1) is 28.7. The highest BCUT2D eigenvalue weighted by molar-refractivity contribution is 8.01. The van der Waals surface area contributed by atoms with E-state index >= 15 is 0 Å². The van der Waals surface area contributed by atoms with Crippen LogP contribution in [0.4, 0.5) is 30.5 Å². The molecule has 8 rings (SSSR count). The highest BCUT2D eigenvalue weighted by Crippen LogP contribution is 2.48. The second-order valence-corrected chi connectivity index (χ2v) is 12.9. The maximum atomic E-state index is 14.5. The number of nitrogens with one attached hydrogen (secondary N) is 1. The van der Waals surface area contributed by atoms with Crippen LogP contribution >= 0.6 is 11.9 Å². The van der Waals surface area contributed by atoms with Crippen LogP contribution in [0, 0.1) is 5.41 Å². The molecular weight excluding hydrogens is 581 g/mol. The number of piperidine rings is 1. The molecule has 5 aliphatic rings. The van der Waals surface area contributed by atoms with Crippen molar-refractivity contribution in [2.75, 3.05) is 60.5 Å². The minimum atomic E-state index is -4.36. The van der Waals surface area contributed by atoms with Crippen LogP contribution < -0.4 is 14.5 Å². The lowest BCUT2D eigenvalue weighted by molar-refractivity contribution is -0.247. The van der Waals surface area contributed by atoms with Gasteiger partial charge in [-0.25, -0.2) is 14.6 Å². The number of alkyl halides is 3. The molecular formula is C29H35F3N8O2S. The first-order valence-electron chi connectivity index (χ1n) is 14.9. The maximum Gasteiger partial charge on any atom is 0.396 e. The molecule has 8 bridgehead atoms. The Morgan fingerprint density at radius 1 is 0.977 bits per heavy atom. The summed E-state index contributed by atoms with van der Waals surface area (Å²) in [5.74, 6) is 0.589. The number of benzene rings is 1. The number of rotatable bonds is 3. The SMILES string of the molecule is FC(F)(F)C12CCN(CC1)c1cc(NSC3CC3)ccc1-n1cc(nn1)-c1ccnc(n1)N1CCOC(CCCOC2)C1. The van der Waals surface area contributed by atoms with Crippen LogP contribution in [0.1, 0.15) is 38.5 Å². The molecule has 1 N–H and O–H groups in total. The fraction of sp³-hybridized carbons (Fsp3) is 0.586. The Balaban J connectivity index is 1.24. The van der Waals surface area contributed by atoms with Crippen molar-refractivity contribution in [1.82, 2.24) is 25.0 Å². The lowest BCUT2D eigenvalue weighted by Gasteiger charge is -2.43. The Bertz CT molecular complexity index is 1430. The average Bonchev–Trinajstić information content (AvgIpc) is 3.72. The van der Waals surface area contributed by atoms with Crippen molar-refractivity contribution in [3.8, 4) is 17.1 Å². The van der Waals surface area contributed by atoms with E-state index in [0.717, 1.165) is 17.1 Å². The van der Waals surface area contributed by atoms with Gasteiger partial charge in [0.05, 0.1) is 48.0 Å². The summed E-state index contributed by atoms with van der Waals surface area (Å²) in [6.45, 7) is 2.19. The molecule has 0 radical (unpaired) electrons. The minimum absolute atomic E-state index is 0.0442. The molecule has 2 saturated heterocycles. The zero-order valence-corrected chi connectivity index (χ0v) is 24.6. The maximum absolute atomic E-state index is 14.5. The molecule has 1 atom stereocenters. The van der Waals surface area contributed by atoms with E-state index in [-0.39, 0.29) is 45.2 Å². The van der Waals surface area contributed by atoms with Crippen molar-refractivity contribution in [3.05, 3.63) is 36.7 Å². The normalized spacial score (nSPS) is 24.9. The van der Waals surface area contributed by atoms with E-state index in [0.29, 0.717) is 55.1 Å².